The smallest absolute Gasteiger partial charge is 0.373 e. The van der Waals surface area contributed by atoms with Gasteiger partial charge in [-0.3, -0.25) is 18.8 Å². The number of imidazole rings is 2. The highest BCUT2D eigenvalue weighted by Crippen LogP contribution is 2.33. The van der Waals surface area contributed by atoms with E-state index in [0.717, 1.165) is 87.4 Å². The molecule has 0 spiro atoms. The van der Waals surface area contributed by atoms with Gasteiger partial charge in [0, 0.05) is 107 Å². The molecule has 2 N–H and O–H groups in total. The molecule has 46 nitrogen and oxygen atoms in total. The zero-order valence-corrected chi connectivity index (χ0v) is 85.0. The number of esters is 2. The number of carbonyl (C=O) groups excluding carboxylic acids is 5. The molecular formula is C101H139N23O23. The number of hydrogen-bond donors (Lipinski definition) is 2. The Morgan fingerprint density at radius 1 is 0.537 bits per heavy atom. The molecule has 10 rings (SSSR count). The van der Waals surface area contributed by atoms with Crippen molar-refractivity contribution in [2.75, 3.05) is 219 Å². The number of carbonyl (C=O) groups is 3. The third kappa shape index (κ3) is 50.7. The Labute approximate surface area is 856 Å². The number of aliphatic hydroxyl groups excluding tert-OH is 1. The summed E-state index contributed by atoms with van der Waals surface area (Å²) in [6, 6.07) is 34.9. The fraction of sp³-hybridized carbons (Fsp3) is 0.525. The van der Waals surface area contributed by atoms with Crippen LogP contribution in [0.4, 0.5) is 0 Å². The fourth-order valence-corrected chi connectivity index (χ4v) is 13.2. The van der Waals surface area contributed by atoms with Gasteiger partial charge in [-0.05, 0) is 119 Å². The molecule has 10 aromatic rings. The molecule has 0 unspecified atom stereocenters. The maximum atomic E-state index is 13.6. The van der Waals surface area contributed by atoms with Crippen molar-refractivity contribution in [2.24, 2.45) is 59.8 Å². The van der Waals surface area contributed by atoms with Gasteiger partial charge >= 0.3 is 18.1 Å². The van der Waals surface area contributed by atoms with Crippen LogP contribution in [0.15, 0.2) is 143 Å². The minimum absolute atomic E-state index is 0. The van der Waals surface area contributed by atoms with Gasteiger partial charge in [0.2, 0.25) is 0 Å². The summed E-state index contributed by atoms with van der Waals surface area (Å²) in [7, 11) is 10.4. The van der Waals surface area contributed by atoms with E-state index in [1.807, 2.05) is 36.4 Å². The molecule has 5 aromatic heterocycles. The van der Waals surface area contributed by atoms with Crippen LogP contribution in [0.5, 0.6) is 5.75 Å². The average Bonchev–Trinajstić information content (AvgIpc) is 1.61. The molecule has 0 atom stereocenters. The number of nitrogens with zero attached hydrogens (tertiary/aromatic N) is 22. The number of fused-ring (bicyclic) bond motifs is 2. The van der Waals surface area contributed by atoms with E-state index in [-0.39, 0.29) is 144 Å². The minimum Gasteiger partial charge on any atom is -0.463 e. The molecule has 5 heterocycles. The van der Waals surface area contributed by atoms with Crippen LogP contribution in [0.3, 0.4) is 0 Å². The fourth-order valence-electron chi connectivity index (χ4n) is 13.2. The molecule has 0 aliphatic carbocycles. The SMILES string of the molecule is C.C#CCOCC(CO)(COCC#C)COCC#C.CCCc1nc2c(C)cc(-c3nc4ccccc4n3C)cc2n1Cc1ccc(-c2ccccc2C(=O)Oc2ccc(C(=O)NCCOCCOCCOCCC(C)(C)C)cc2)cc1.CN=[N+]=[N-].COCCOCCOCCN=[N+]=[N-].Cn1cc(COCC(COCc2cn(C)nn2)(COCc2cn(C)nn2)COC(=O)COCCOCCOCCN=[N+]=[N-])nn1.O=C=O. The molecule has 796 valence electrons. The van der Waals surface area contributed by atoms with Gasteiger partial charge in [-0.15, -0.1) is 34.6 Å². The highest BCUT2D eigenvalue weighted by Gasteiger charge is 2.36. The second-order valence-corrected chi connectivity index (χ2v) is 33.4. The zero-order chi connectivity index (χ0) is 106. The van der Waals surface area contributed by atoms with Crippen LogP contribution in [-0.2, 0) is 151 Å². The summed E-state index contributed by atoms with van der Waals surface area (Å²) >= 11 is 0. The number of aryl methyl sites for hydroxylation is 6. The van der Waals surface area contributed by atoms with Gasteiger partial charge in [-0.2, -0.15) is 9.59 Å². The van der Waals surface area contributed by atoms with Crippen molar-refractivity contribution in [1.82, 2.24) is 69.4 Å². The van der Waals surface area contributed by atoms with Crippen LogP contribution in [0.1, 0.15) is 103 Å². The Morgan fingerprint density at radius 3 is 1.47 bits per heavy atom. The monoisotopic (exact) mass is 2040 g/mol. The Bertz CT molecular complexity index is 5580. The van der Waals surface area contributed by atoms with E-state index in [2.05, 4.69) is 177 Å². The largest absolute Gasteiger partial charge is 0.463 e. The van der Waals surface area contributed by atoms with E-state index < -0.39 is 22.8 Å². The lowest BCUT2D eigenvalue weighted by molar-refractivity contribution is -0.191. The molecular weight excluding hydrogens is 1900 g/mol. The van der Waals surface area contributed by atoms with Crippen LogP contribution in [0.25, 0.3) is 75.9 Å². The number of methoxy groups -OCH3 is 1. The number of hydrogen-bond acceptors (Lipinski definition) is 34. The van der Waals surface area contributed by atoms with E-state index in [1.54, 1.807) is 91.2 Å². The number of azide groups is 3. The second-order valence-electron chi connectivity index (χ2n) is 33.4. The number of ether oxygens (including phenoxy) is 17. The third-order valence-corrected chi connectivity index (χ3v) is 20.2. The molecule has 0 aliphatic rings. The van der Waals surface area contributed by atoms with Crippen LogP contribution >= 0.6 is 0 Å². The van der Waals surface area contributed by atoms with Gasteiger partial charge in [0.05, 0.1) is 222 Å². The molecule has 0 bridgehead atoms. The predicted molar refractivity (Wildman–Crippen MR) is 544 cm³/mol. The zero-order valence-electron chi connectivity index (χ0n) is 85.0. The first kappa shape index (κ1) is 126. The Hall–Kier alpha value is -13.8. The van der Waals surface area contributed by atoms with Gasteiger partial charge in [-0.1, -0.05) is 138 Å². The minimum atomic E-state index is -0.913. The number of aromatic nitrogens is 13. The summed E-state index contributed by atoms with van der Waals surface area (Å²) in [5.41, 5.74) is 34.1. The number of para-hydroxylation sites is 2. The summed E-state index contributed by atoms with van der Waals surface area (Å²) in [6.07, 6.45) is 23.6. The molecule has 46 heteroatoms. The summed E-state index contributed by atoms with van der Waals surface area (Å²) in [6.45, 7) is 21.2. The van der Waals surface area contributed by atoms with Crippen LogP contribution in [0, 0.1) is 60.2 Å². The average molecular weight is 2040 g/mol. The van der Waals surface area contributed by atoms with Gasteiger partial charge < -0.3 is 100 Å². The molecule has 1 amide bonds. The Balaban J connectivity index is 0.000000462. The summed E-state index contributed by atoms with van der Waals surface area (Å²) in [4.78, 5) is 72.9. The van der Waals surface area contributed by atoms with Crippen molar-refractivity contribution in [3.8, 4) is 65.3 Å². The van der Waals surface area contributed by atoms with Crippen molar-refractivity contribution >= 4 is 46.1 Å². The lowest BCUT2D eigenvalue weighted by Gasteiger charge is -2.32. The van der Waals surface area contributed by atoms with E-state index in [4.69, 9.17) is 136 Å². The van der Waals surface area contributed by atoms with Gasteiger partial charge in [0.15, 0.2) is 0 Å². The van der Waals surface area contributed by atoms with Gasteiger partial charge in [0.25, 0.3) is 5.91 Å². The molecule has 0 saturated carbocycles. The van der Waals surface area contributed by atoms with E-state index in [9.17, 15) is 19.5 Å². The summed E-state index contributed by atoms with van der Waals surface area (Å²) < 4.78 is 102. The second kappa shape index (κ2) is 75.0. The molecule has 5 aromatic carbocycles. The van der Waals surface area contributed by atoms with Gasteiger partial charge in [-0.25, -0.2) is 19.6 Å². The number of nitrogens with one attached hydrogen (secondary N) is 1. The first-order valence-electron chi connectivity index (χ1n) is 46.7. The molecule has 147 heavy (non-hydrogen) atoms. The number of benzene rings is 5. The number of amides is 1. The quantitative estimate of drug-likeness (QED) is 0.00680. The molecule has 0 saturated heterocycles. The normalized spacial score (nSPS) is 10.8. The standard InChI is InChI=1S/C52H59N5O6.C25H40N12O8.C14H18O4.C7H15N3O3.CH3N3.CO2.CH4/c1-7-12-47-55-48-36(2)33-40(49-54-44-15-10-11-16-45(44)56(49)6)34-46(48)57(47)35-37-17-19-38(20-18-37)42-13-8-9-14-43(42)51(59)63-41-23-21-39(22-24-41)50(58)53-26-28-61-30-32-62-31-29-60-27-25-52(3,4)5;1-35-10-21(28-32-35)13-42-17-25(18-43-14-22-11-36(2)33-29-22,19-44-15-23-12-37(3)34-30-23)20-45-24(38)16-41-9-8-40-7-6-39-5-4-27-31-26;1-4-7-16-11-14(10-15,12-17-8-5-2)13-18-9-6-3;1-11-4-5-13-7-6-12-3-2-9-10-8;1-3-4-2;2-1-3;/h8-11,13-24,33-34H,7,12,25-32,35H2,1-6H3,(H,53,58);10-12H,4-9,13-20H2,1-3H3;1-3,15H,7-13H2;2-7H2,1H3;1H3;;1H4. The van der Waals surface area contributed by atoms with Crippen molar-refractivity contribution in [1.29, 1.82) is 0 Å². The van der Waals surface area contributed by atoms with Crippen molar-refractivity contribution in [3.63, 3.8) is 0 Å². The lowest BCUT2D eigenvalue weighted by atomic mass is 9.92. The maximum absolute atomic E-state index is 13.6. The number of rotatable bonds is 64. The van der Waals surface area contributed by atoms with Crippen molar-refractivity contribution < 1.29 is 110 Å². The van der Waals surface area contributed by atoms with Crippen molar-refractivity contribution in [3.05, 3.63) is 204 Å². The lowest BCUT2D eigenvalue weighted by Crippen LogP contribution is -2.42. The molecule has 0 aliphatic heterocycles. The highest BCUT2D eigenvalue weighted by atomic mass is 16.6. The first-order valence-corrected chi connectivity index (χ1v) is 46.7. The molecule has 0 radical (unpaired) electrons. The first-order chi connectivity index (χ1) is 70.8. The Kier molecular flexibility index (Phi) is 64.0. The van der Waals surface area contributed by atoms with E-state index in [0.29, 0.717) is 139 Å². The predicted octanol–water partition coefficient (Wildman–Crippen LogP) is 11.8. The number of aliphatic hydroxyl groups is 1. The highest BCUT2D eigenvalue weighted by molar-refractivity contribution is 5.99. The van der Waals surface area contributed by atoms with E-state index in [1.165, 1.54) is 7.05 Å². The van der Waals surface area contributed by atoms with Crippen LogP contribution in [0.2, 0.25) is 0 Å². The third-order valence-electron chi connectivity index (χ3n) is 20.2. The number of terminal acetylenes is 3. The summed E-state index contributed by atoms with van der Waals surface area (Å²) in [5.74, 6) is 8.07. The van der Waals surface area contributed by atoms with E-state index >= 15 is 0 Å². The molecule has 0 fully saturated rings. The van der Waals surface area contributed by atoms with Gasteiger partial charge in [0.1, 0.15) is 67.5 Å². The maximum Gasteiger partial charge on any atom is 0.373 e. The Morgan fingerprint density at radius 2 is 1.01 bits per heavy atom. The van der Waals surface area contributed by atoms with Crippen LogP contribution in [-0.4, -0.2) is 312 Å². The summed E-state index contributed by atoms with van der Waals surface area (Å²) in [5, 5.41) is 45.9. The van der Waals surface area contributed by atoms with Crippen LogP contribution < -0.4 is 10.1 Å². The topological polar surface area (TPSA) is 549 Å². The van der Waals surface area contributed by atoms with Crippen molar-refractivity contribution in [2.45, 2.75) is 87.7 Å².